The van der Waals surface area contributed by atoms with Crippen LogP contribution in [0.1, 0.15) is 10.7 Å². The van der Waals surface area contributed by atoms with Gasteiger partial charge in [-0.05, 0) is 6.92 Å². The van der Waals surface area contributed by atoms with Gasteiger partial charge in [0.15, 0.2) is 5.01 Å². The van der Waals surface area contributed by atoms with E-state index in [1.807, 2.05) is 0 Å². The van der Waals surface area contributed by atoms with Crippen molar-refractivity contribution in [3.05, 3.63) is 16.1 Å². The molecule has 0 saturated heterocycles. The fourth-order valence-electron chi connectivity index (χ4n) is 0.590. The number of hydrogen-bond donors (Lipinski definition) is 1. The first kappa shape index (κ1) is 9.05. The monoisotopic (exact) mass is 193 g/mol. The fourth-order valence-corrected chi connectivity index (χ4v) is 1.36. The van der Waals surface area contributed by atoms with Crippen LogP contribution >= 0.6 is 11.3 Å². The van der Waals surface area contributed by atoms with Crippen molar-refractivity contribution in [2.45, 2.75) is 12.8 Å². The average molecular weight is 193 g/mol. The topological polar surface area (TPSA) is 50.2 Å². The van der Waals surface area contributed by atoms with Crippen molar-refractivity contribution in [1.29, 1.82) is 0 Å². The van der Waals surface area contributed by atoms with Gasteiger partial charge in [0.25, 0.3) is 0 Å². The number of aryl methyl sites for hydroxylation is 1. The Labute approximate surface area is 70.7 Å². The number of halogens is 2. The van der Waals surface area contributed by atoms with Crippen molar-refractivity contribution in [3.63, 3.8) is 0 Å². The maximum atomic E-state index is 12.6. The summed E-state index contributed by atoms with van der Waals surface area (Å²) in [5, 5.41) is 8.83. The highest BCUT2D eigenvalue weighted by atomic mass is 32.1. The fraction of sp³-hybridized carbons (Fsp3) is 0.333. The molecule has 0 aliphatic heterocycles. The highest BCUT2D eigenvalue weighted by Gasteiger charge is 2.44. The molecule has 0 fully saturated rings. The van der Waals surface area contributed by atoms with Crippen LogP contribution in [0.3, 0.4) is 0 Å². The molecule has 0 aliphatic rings. The number of aromatic nitrogens is 1. The second-order valence-electron chi connectivity index (χ2n) is 2.17. The number of nitrogens with zero attached hydrogens (tertiary/aromatic N) is 1. The lowest BCUT2D eigenvalue weighted by molar-refractivity contribution is -0.166. The molecule has 1 aromatic heterocycles. The number of carboxylic acid groups (broad SMARTS) is 1. The van der Waals surface area contributed by atoms with Crippen LogP contribution in [0, 0.1) is 6.92 Å². The normalized spacial score (nSPS) is 11.6. The molecule has 0 atom stereocenters. The molecule has 0 radical (unpaired) electrons. The maximum Gasteiger partial charge on any atom is 0.393 e. The van der Waals surface area contributed by atoms with Gasteiger partial charge in [0.05, 0.1) is 0 Å². The quantitative estimate of drug-likeness (QED) is 0.776. The van der Waals surface area contributed by atoms with Gasteiger partial charge in [-0.3, -0.25) is 0 Å². The third kappa shape index (κ3) is 1.42. The Hall–Kier alpha value is -1.04. The van der Waals surface area contributed by atoms with E-state index in [-0.39, 0.29) is 0 Å². The van der Waals surface area contributed by atoms with Crippen LogP contribution in [0.15, 0.2) is 5.38 Å². The first-order valence-electron chi connectivity index (χ1n) is 2.98. The number of hydrogen-bond acceptors (Lipinski definition) is 3. The second-order valence-corrected chi connectivity index (χ2v) is 3.03. The van der Waals surface area contributed by atoms with Crippen LogP contribution in [0.2, 0.25) is 0 Å². The number of aliphatic carboxylic acids is 1. The minimum Gasteiger partial charge on any atom is -0.476 e. The predicted octanol–water partition coefficient (Wildman–Crippen LogP) is 1.63. The minimum absolute atomic E-state index is 0.399. The van der Waals surface area contributed by atoms with Gasteiger partial charge in [-0.1, -0.05) is 0 Å². The van der Waals surface area contributed by atoms with Crippen molar-refractivity contribution in [2.24, 2.45) is 0 Å². The molecule has 0 bridgehead atoms. The summed E-state index contributed by atoms with van der Waals surface area (Å²) in [4.78, 5) is 13.4. The van der Waals surface area contributed by atoms with Gasteiger partial charge in [0.1, 0.15) is 0 Å². The van der Waals surface area contributed by atoms with Crippen molar-refractivity contribution in [1.82, 2.24) is 4.98 Å². The van der Waals surface area contributed by atoms with E-state index in [0.29, 0.717) is 17.0 Å². The SMILES string of the molecule is Cc1csc(C(F)(F)C(=O)O)n1. The number of alkyl halides is 2. The average Bonchev–Trinajstić information content (AvgIpc) is 2.35. The standard InChI is InChI=1S/C6H5F2NO2S/c1-3-2-12-4(9-3)6(7,8)5(10)11/h2H,1H3,(H,10,11). The molecule has 0 aromatic carbocycles. The van der Waals surface area contributed by atoms with Gasteiger partial charge in [0, 0.05) is 11.1 Å². The minimum atomic E-state index is -3.86. The Kier molecular flexibility index (Phi) is 2.10. The predicted molar refractivity (Wildman–Crippen MR) is 38.4 cm³/mol. The summed E-state index contributed by atoms with van der Waals surface area (Å²) in [6, 6.07) is 0. The van der Waals surface area contributed by atoms with E-state index in [1.54, 1.807) is 0 Å². The number of thiazole rings is 1. The lowest BCUT2D eigenvalue weighted by Crippen LogP contribution is -2.25. The van der Waals surface area contributed by atoms with Gasteiger partial charge in [0.2, 0.25) is 0 Å². The summed E-state index contributed by atoms with van der Waals surface area (Å²) in [7, 11) is 0. The zero-order valence-electron chi connectivity index (χ0n) is 6.04. The molecule has 0 amide bonds. The van der Waals surface area contributed by atoms with Gasteiger partial charge >= 0.3 is 11.9 Å². The Morgan fingerprint density at radius 3 is 2.67 bits per heavy atom. The summed E-state index contributed by atoms with van der Waals surface area (Å²) >= 11 is 0.643. The molecule has 0 unspecified atom stereocenters. The van der Waals surface area contributed by atoms with E-state index >= 15 is 0 Å². The van der Waals surface area contributed by atoms with Gasteiger partial charge in [-0.2, -0.15) is 8.78 Å². The molecule has 0 saturated carbocycles. The van der Waals surface area contributed by atoms with E-state index in [9.17, 15) is 13.6 Å². The smallest absolute Gasteiger partial charge is 0.393 e. The Morgan fingerprint density at radius 2 is 2.33 bits per heavy atom. The largest absolute Gasteiger partial charge is 0.476 e. The van der Waals surface area contributed by atoms with Gasteiger partial charge in [-0.25, -0.2) is 9.78 Å². The summed E-state index contributed by atoms with van der Waals surface area (Å²) in [6.07, 6.45) is 0. The van der Waals surface area contributed by atoms with Crippen LogP contribution in [0.25, 0.3) is 0 Å². The molecular formula is C6H5F2NO2S. The highest BCUT2D eigenvalue weighted by molar-refractivity contribution is 7.09. The lowest BCUT2D eigenvalue weighted by Gasteiger charge is -2.05. The van der Waals surface area contributed by atoms with Crippen LogP contribution in [0.4, 0.5) is 8.78 Å². The molecule has 1 heterocycles. The van der Waals surface area contributed by atoms with Crippen molar-refractivity contribution >= 4 is 17.3 Å². The van der Waals surface area contributed by atoms with Crippen LogP contribution in [-0.4, -0.2) is 16.1 Å². The summed E-state index contributed by atoms with van der Waals surface area (Å²) in [5.41, 5.74) is 0.399. The lowest BCUT2D eigenvalue weighted by atomic mass is 10.3. The van der Waals surface area contributed by atoms with Crippen molar-refractivity contribution in [3.8, 4) is 0 Å². The van der Waals surface area contributed by atoms with Crippen LogP contribution < -0.4 is 0 Å². The first-order valence-corrected chi connectivity index (χ1v) is 3.86. The van der Waals surface area contributed by atoms with Gasteiger partial charge in [-0.15, -0.1) is 11.3 Å². The molecule has 1 rings (SSSR count). The van der Waals surface area contributed by atoms with E-state index in [2.05, 4.69) is 4.98 Å². The summed E-state index contributed by atoms with van der Waals surface area (Å²) in [6.45, 7) is 1.53. The Bertz CT molecular complexity index is 310. The van der Waals surface area contributed by atoms with Crippen LogP contribution in [0.5, 0.6) is 0 Å². The number of carboxylic acids is 1. The third-order valence-electron chi connectivity index (χ3n) is 1.16. The Morgan fingerprint density at radius 1 is 1.75 bits per heavy atom. The summed E-state index contributed by atoms with van der Waals surface area (Å²) < 4.78 is 25.3. The number of rotatable bonds is 2. The highest BCUT2D eigenvalue weighted by Crippen LogP contribution is 2.30. The Balaban J connectivity index is 3.05. The molecule has 0 aliphatic carbocycles. The van der Waals surface area contributed by atoms with E-state index < -0.39 is 16.9 Å². The van der Waals surface area contributed by atoms with E-state index in [4.69, 9.17) is 5.11 Å². The van der Waals surface area contributed by atoms with Crippen molar-refractivity contribution in [2.75, 3.05) is 0 Å². The van der Waals surface area contributed by atoms with E-state index in [1.165, 1.54) is 12.3 Å². The second kappa shape index (κ2) is 2.78. The molecule has 1 N–H and O–H groups in total. The van der Waals surface area contributed by atoms with E-state index in [0.717, 1.165) is 0 Å². The third-order valence-corrected chi connectivity index (χ3v) is 2.19. The first-order chi connectivity index (χ1) is 5.44. The molecule has 0 spiro atoms. The molecule has 66 valence electrons. The molecule has 1 aromatic rings. The molecule has 12 heavy (non-hydrogen) atoms. The molecule has 3 nitrogen and oxygen atoms in total. The molecular weight excluding hydrogens is 188 g/mol. The molecule has 6 heteroatoms. The zero-order valence-corrected chi connectivity index (χ0v) is 6.86. The van der Waals surface area contributed by atoms with Crippen molar-refractivity contribution < 1.29 is 18.7 Å². The zero-order chi connectivity index (χ0) is 9.35. The van der Waals surface area contributed by atoms with Gasteiger partial charge < -0.3 is 5.11 Å². The number of carbonyl (C=O) groups is 1. The summed E-state index contributed by atoms with van der Waals surface area (Å²) in [5.74, 6) is -6.03. The maximum absolute atomic E-state index is 12.6. The van der Waals surface area contributed by atoms with Crippen LogP contribution in [-0.2, 0) is 10.7 Å².